The molecule has 1 aliphatic heterocycles. The van der Waals surface area contributed by atoms with Gasteiger partial charge in [-0.05, 0) is 12.8 Å². The van der Waals surface area contributed by atoms with Gasteiger partial charge in [-0.3, -0.25) is 4.79 Å². The van der Waals surface area contributed by atoms with Gasteiger partial charge in [-0.1, -0.05) is 26.2 Å². The molecule has 1 atom stereocenters. The van der Waals surface area contributed by atoms with Crippen molar-refractivity contribution in [3.8, 4) is 0 Å². The Hall–Kier alpha value is -0.700. The Morgan fingerprint density at radius 3 is 2.29 bits per heavy atom. The fraction of sp³-hybridized carbons (Fsp3) is 0.938. The second-order valence-corrected chi connectivity index (χ2v) is 8.88. The zero-order valence-electron chi connectivity index (χ0n) is 15.1. The van der Waals surface area contributed by atoms with E-state index in [-0.39, 0.29) is 17.9 Å². The minimum Gasteiger partial charge on any atom is -0.384 e. The molecule has 2 rings (SSSR count). The van der Waals surface area contributed by atoms with Gasteiger partial charge in [0.15, 0.2) is 0 Å². The maximum absolute atomic E-state index is 12.8. The van der Waals surface area contributed by atoms with Gasteiger partial charge >= 0.3 is 0 Å². The molecule has 24 heavy (non-hydrogen) atoms. The number of methoxy groups -OCH3 is 1. The third-order valence-corrected chi connectivity index (χ3v) is 7.21. The first kappa shape index (κ1) is 19.6. The molecule has 1 aliphatic carbocycles. The highest BCUT2D eigenvalue weighted by Gasteiger charge is 2.35. The predicted octanol–water partition coefficient (Wildman–Crippen LogP) is 0.922. The smallest absolute Gasteiger partial charge is 0.282 e. The molecule has 0 aromatic carbocycles. The molecule has 0 N–H and O–H groups in total. The number of carbonyl (C=O) groups is 1. The molecule has 1 saturated heterocycles. The fourth-order valence-electron chi connectivity index (χ4n) is 3.59. The van der Waals surface area contributed by atoms with Gasteiger partial charge in [-0.15, -0.1) is 0 Å². The topological polar surface area (TPSA) is 70.2 Å². The molecule has 0 bridgehead atoms. The number of amides is 1. The molecule has 1 unspecified atom stereocenters. The maximum atomic E-state index is 12.8. The van der Waals surface area contributed by atoms with Crippen LogP contribution in [-0.2, 0) is 19.7 Å². The highest BCUT2D eigenvalue weighted by Crippen LogP contribution is 2.25. The van der Waals surface area contributed by atoms with Gasteiger partial charge in [0.1, 0.15) is 0 Å². The molecule has 140 valence electrons. The van der Waals surface area contributed by atoms with Crippen molar-refractivity contribution in [3.05, 3.63) is 0 Å². The summed E-state index contributed by atoms with van der Waals surface area (Å²) in [4.78, 5) is 14.0. The van der Waals surface area contributed by atoms with Crippen LogP contribution in [0, 0.1) is 5.92 Å². The van der Waals surface area contributed by atoms with E-state index in [1.165, 1.54) is 10.7 Å². The zero-order chi connectivity index (χ0) is 17.7. The minimum absolute atomic E-state index is 0.0366. The van der Waals surface area contributed by atoms with Gasteiger partial charge in [-0.25, -0.2) is 0 Å². The normalized spacial score (nSPS) is 22.8. The number of hydrogen-bond acceptors (Lipinski definition) is 4. The van der Waals surface area contributed by atoms with Crippen molar-refractivity contribution in [2.75, 3.05) is 46.9 Å². The van der Waals surface area contributed by atoms with Crippen molar-refractivity contribution >= 4 is 16.1 Å². The van der Waals surface area contributed by atoms with E-state index >= 15 is 0 Å². The lowest BCUT2D eigenvalue weighted by molar-refractivity contribution is -0.137. The first-order chi connectivity index (χ1) is 11.4. The lowest BCUT2D eigenvalue weighted by Crippen LogP contribution is -2.56. The molecule has 2 aliphatic rings. The Kier molecular flexibility index (Phi) is 7.03. The summed E-state index contributed by atoms with van der Waals surface area (Å²) in [6, 6.07) is 0.116. The van der Waals surface area contributed by atoms with Crippen molar-refractivity contribution in [3.63, 3.8) is 0 Å². The monoisotopic (exact) mass is 361 g/mol. The second kappa shape index (κ2) is 8.60. The second-order valence-electron chi connectivity index (χ2n) is 6.90. The first-order valence-corrected chi connectivity index (χ1v) is 10.3. The Morgan fingerprint density at radius 1 is 1.17 bits per heavy atom. The number of carbonyl (C=O) groups excluding carboxylic acids is 1. The van der Waals surface area contributed by atoms with Crippen LogP contribution in [0.4, 0.5) is 0 Å². The van der Waals surface area contributed by atoms with E-state index < -0.39 is 10.2 Å². The molecule has 0 aromatic rings. The molecular weight excluding hydrogens is 330 g/mol. The van der Waals surface area contributed by atoms with Gasteiger partial charge in [0.25, 0.3) is 10.2 Å². The standard InChI is InChI=1S/C16H31N3O4S/c1-14(13-23-3)16(20)18-9-11-19(12-10-18)24(21,22)17(2)15-7-5-4-6-8-15/h14-15H,4-13H2,1-3H3. The molecule has 1 amide bonds. The molecule has 2 fully saturated rings. The van der Waals surface area contributed by atoms with Gasteiger partial charge in [0, 0.05) is 46.4 Å². The lowest BCUT2D eigenvalue weighted by Gasteiger charge is -2.39. The van der Waals surface area contributed by atoms with Crippen LogP contribution in [0.15, 0.2) is 0 Å². The van der Waals surface area contributed by atoms with E-state index in [1.54, 1.807) is 23.4 Å². The summed E-state index contributed by atoms with van der Waals surface area (Å²) in [6.45, 7) is 3.86. The summed E-state index contributed by atoms with van der Waals surface area (Å²) < 4.78 is 33.8. The van der Waals surface area contributed by atoms with Crippen LogP contribution in [-0.4, -0.2) is 80.8 Å². The van der Waals surface area contributed by atoms with Crippen LogP contribution in [0.5, 0.6) is 0 Å². The van der Waals surface area contributed by atoms with E-state index in [0.717, 1.165) is 25.7 Å². The van der Waals surface area contributed by atoms with Crippen LogP contribution < -0.4 is 0 Å². The molecule has 1 heterocycles. The van der Waals surface area contributed by atoms with E-state index in [4.69, 9.17) is 4.74 Å². The Balaban J connectivity index is 1.91. The van der Waals surface area contributed by atoms with E-state index in [9.17, 15) is 13.2 Å². The summed E-state index contributed by atoms with van der Waals surface area (Å²) in [5.74, 6) is -0.155. The fourth-order valence-corrected chi connectivity index (χ4v) is 5.16. The SMILES string of the molecule is COCC(C)C(=O)N1CCN(S(=O)(=O)N(C)C2CCCCC2)CC1. The molecule has 7 nitrogen and oxygen atoms in total. The molecule has 8 heteroatoms. The molecule has 0 radical (unpaired) electrons. The van der Waals surface area contributed by atoms with E-state index in [2.05, 4.69) is 0 Å². The number of hydrogen-bond donors (Lipinski definition) is 0. The summed E-state index contributed by atoms with van der Waals surface area (Å²) in [5, 5.41) is 0. The number of rotatable bonds is 6. The van der Waals surface area contributed by atoms with Crippen molar-refractivity contribution in [2.45, 2.75) is 45.1 Å². The summed E-state index contributed by atoms with van der Waals surface area (Å²) >= 11 is 0. The van der Waals surface area contributed by atoms with Crippen LogP contribution >= 0.6 is 0 Å². The quantitative estimate of drug-likeness (QED) is 0.705. The number of piperazine rings is 1. The van der Waals surface area contributed by atoms with Crippen molar-refractivity contribution in [1.82, 2.24) is 13.5 Å². The third kappa shape index (κ3) is 4.47. The summed E-state index contributed by atoms with van der Waals surface area (Å²) in [5.41, 5.74) is 0. The van der Waals surface area contributed by atoms with Crippen LogP contribution in [0.2, 0.25) is 0 Å². The van der Waals surface area contributed by atoms with Crippen LogP contribution in [0.25, 0.3) is 0 Å². The zero-order valence-corrected chi connectivity index (χ0v) is 15.9. The molecular formula is C16H31N3O4S. The minimum atomic E-state index is -3.44. The van der Waals surface area contributed by atoms with Gasteiger partial charge in [0.05, 0.1) is 12.5 Å². The Morgan fingerprint density at radius 2 is 1.75 bits per heavy atom. The highest BCUT2D eigenvalue weighted by molar-refractivity contribution is 7.86. The Labute approximate surface area is 146 Å². The lowest BCUT2D eigenvalue weighted by atomic mass is 9.96. The van der Waals surface area contributed by atoms with Crippen molar-refractivity contribution in [1.29, 1.82) is 0 Å². The molecule has 1 saturated carbocycles. The van der Waals surface area contributed by atoms with Gasteiger partial charge in [-0.2, -0.15) is 17.0 Å². The van der Waals surface area contributed by atoms with Crippen LogP contribution in [0.3, 0.4) is 0 Å². The molecule has 0 aromatic heterocycles. The molecule has 0 spiro atoms. The average Bonchev–Trinajstić information content (AvgIpc) is 2.61. The number of ether oxygens (including phenoxy) is 1. The summed E-state index contributed by atoms with van der Waals surface area (Å²) in [7, 11) is -0.161. The predicted molar refractivity (Wildman–Crippen MR) is 92.7 cm³/mol. The maximum Gasteiger partial charge on any atom is 0.282 e. The van der Waals surface area contributed by atoms with E-state index in [0.29, 0.717) is 32.8 Å². The van der Waals surface area contributed by atoms with E-state index in [1.807, 2.05) is 6.92 Å². The van der Waals surface area contributed by atoms with Gasteiger partial charge < -0.3 is 9.64 Å². The summed E-state index contributed by atoms with van der Waals surface area (Å²) in [6.07, 6.45) is 5.30. The average molecular weight is 362 g/mol. The van der Waals surface area contributed by atoms with Gasteiger partial charge in [0.2, 0.25) is 5.91 Å². The number of nitrogens with zero attached hydrogens (tertiary/aromatic N) is 3. The van der Waals surface area contributed by atoms with Crippen molar-refractivity contribution in [2.24, 2.45) is 5.92 Å². The third-order valence-electron chi connectivity index (χ3n) is 5.17. The largest absolute Gasteiger partial charge is 0.384 e. The van der Waals surface area contributed by atoms with Crippen molar-refractivity contribution < 1.29 is 17.9 Å². The van der Waals surface area contributed by atoms with Crippen LogP contribution in [0.1, 0.15) is 39.0 Å². The first-order valence-electron chi connectivity index (χ1n) is 8.88. The highest BCUT2D eigenvalue weighted by atomic mass is 32.2. The Bertz CT molecular complexity index is 511.